The second kappa shape index (κ2) is 10.5. The molecule has 6 nitrogen and oxygen atoms in total. The maximum Gasteiger partial charge on any atom is 0.257 e. The van der Waals surface area contributed by atoms with E-state index in [-0.39, 0.29) is 11.0 Å². The zero-order valence-electron chi connectivity index (χ0n) is 17.1. The molecule has 160 valence electrons. The SMILES string of the molecule is CCCCOc1ccc(C(=O)NC(=S)Nc2sc3c(c2C(N)=O)CCCCC3)cc1. The van der Waals surface area contributed by atoms with Gasteiger partial charge in [-0.15, -0.1) is 11.3 Å². The zero-order valence-corrected chi connectivity index (χ0v) is 18.7. The van der Waals surface area contributed by atoms with E-state index in [0.29, 0.717) is 22.7 Å². The summed E-state index contributed by atoms with van der Waals surface area (Å²) in [7, 11) is 0. The first-order valence-electron chi connectivity index (χ1n) is 10.3. The molecule has 0 aliphatic heterocycles. The minimum Gasteiger partial charge on any atom is -0.494 e. The third-order valence-corrected chi connectivity index (χ3v) is 6.42. The fourth-order valence-electron chi connectivity index (χ4n) is 3.44. The summed E-state index contributed by atoms with van der Waals surface area (Å²) in [5.74, 6) is -0.0667. The van der Waals surface area contributed by atoms with E-state index in [1.54, 1.807) is 24.3 Å². The summed E-state index contributed by atoms with van der Waals surface area (Å²) in [6, 6.07) is 6.92. The van der Waals surface area contributed by atoms with Crippen molar-refractivity contribution in [3.05, 3.63) is 45.8 Å². The smallest absolute Gasteiger partial charge is 0.257 e. The molecule has 4 N–H and O–H groups in total. The number of thiophene rings is 1. The van der Waals surface area contributed by atoms with Crippen LogP contribution < -0.4 is 21.1 Å². The van der Waals surface area contributed by atoms with Gasteiger partial charge >= 0.3 is 0 Å². The largest absolute Gasteiger partial charge is 0.494 e. The van der Waals surface area contributed by atoms with E-state index in [1.165, 1.54) is 16.2 Å². The molecule has 30 heavy (non-hydrogen) atoms. The number of nitrogens with two attached hydrogens (primary N) is 1. The number of hydrogen-bond donors (Lipinski definition) is 3. The Balaban J connectivity index is 1.64. The third-order valence-electron chi connectivity index (χ3n) is 5.00. The lowest BCUT2D eigenvalue weighted by Gasteiger charge is -2.10. The summed E-state index contributed by atoms with van der Waals surface area (Å²) in [6.45, 7) is 2.76. The van der Waals surface area contributed by atoms with Crippen molar-refractivity contribution in [2.24, 2.45) is 5.73 Å². The van der Waals surface area contributed by atoms with Crippen LogP contribution in [0.3, 0.4) is 0 Å². The number of ether oxygens (including phenoxy) is 1. The van der Waals surface area contributed by atoms with Crippen molar-refractivity contribution in [1.82, 2.24) is 5.32 Å². The van der Waals surface area contributed by atoms with Gasteiger partial charge in [-0.1, -0.05) is 19.8 Å². The Labute approximate surface area is 186 Å². The van der Waals surface area contributed by atoms with Gasteiger partial charge in [0.15, 0.2) is 5.11 Å². The van der Waals surface area contributed by atoms with Crippen LogP contribution in [0.1, 0.15) is 70.2 Å². The topological polar surface area (TPSA) is 93.4 Å². The number of amides is 2. The third kappa shape index (κ3) is 5.58. The molecule has 0 spiro atoms. The van der Waals surface area contributed by atoms with Gasteiger partial charge < -0.3 is 15.8 Å². The Morgan fingerprint density at radius 2 is 1.90 bits per heavy atom. The molecule has 0 unspecified atom stereocenters. The van der Waals surface area contributed by atoms with Crippen molar-refractivity contribution in [3.63, 3.8) is 0 Å². The molecule has 2 aromatic rings. The van der Waals surface area contributed by atoms with Gasteiger partial charge in [0.1, 0.15) is 10.8 Å². The van der Waals surface area contributed by atoms with Gasteiger partial charge in [0.05, 0.1) is 12.2 Å². The second-order valence-corrected chi connectivity index (χ2v) is 8.78. The van der Waals surface area contributed by atoms with Crippen LogP contribution in [0.2, 0.25) is 0 Å². The Hall–Kier alpha value is -2.45. The summed E-state index contributed by atoms with van der Waals surface area (Å²) in [5, 5.41) is 6.43. The molecule has 2 amide bonds. The van der Waals surface area contributed by atoms with E-state index in [0.717, 1.165) is 56.3 Å². The molecule has 0 radical (unpaired) electrons. The predicted octanol–water partition coefficient (Wildman–Crippen LogP) is 4.42. The Morgan fingerprint density at radius 3 is 2.60 bits per heavy atom. The maximum atomic E-state index is 12.5. The monoisotopic (exact) mass is 445 g/mol. The number of fused-ring (bicyclic) bond motifs is 1. The van der Waals surface area contributed by atoms with Crippen LogP contribution in [0, 0.1) is 0 Å². The van der Waals surface area contributed by atoms with E-state index in [2.05, 4.69) is 17.6 Å². The van der Waals surface area contributed by atoms with E-state index < -0.39 is 5.91 Å². The van der Waals surface area contributed by atoms with Gasteiger partial charge in [-0.2, -0.15) is 0 Å². The van der Waals surface area contributed by atoms with Gasteiger partial charge in [0.2, 0.25) is 0 Å². The van der Waals surface area contributed by atoms with E-state index in [4.69, 9.17) is 22.7 Å². The first-order valence-corrected chi connectivity index (χ1v) is 11.5. The lowest BCUT2D eigenvalue weighted by atomic mass is 10.1. The molecule has 1 heterocycles. The van der Waals surface area contributed by atoms with E-state index in [9.17, 15) is 9.59 Å². The average molecular weight is 446 g/mol. The number of carbonyl (C=O) groups is 2. The van der Waals surface area contributed by atoms with Gasteiger partial charge in [-0.25, -0.2) is 0 Å². The number of anilines is 1. The quantitative estimate of drug-likeness (QED) is 0.333. The van der Waals surface area contributed by atoms with Crippen LogP contribution in [0.25, 0.3) is 0 Å². The number of rotatable bonds is 7. The number of unbranched alkanes of at least 4 members (excludes halogenated alkanes) is 1. The van der Waals surface area contributed by atoms with Crippen molar-refractivity contribution in [2.75, 3.05) is 11.9 Å². The van der Waals surface area contributed by atoms with Crippen LogP contribution in [0.5, 0.6) is 5.75 Å². The molecule has 3 rings (SSSR count). The summed E-state index contributed by atoms with van der Waals surface area (Å²) < 4.78 is 5.61. The van der Waals surface area contributed by atoms with Crippen molar-refractivity contribution < 1.29 is 14.3 Å². The van der Waals surface area contributed by atoms with Crippen LogP contribution in [-0.2, 0) is 12.8 Å². The number of carbonyl (C=O) groups excluding carboxylic acids is 2. The minimum absolute atomic E-state index is 0.141. The van der Waals surface area contributed by atoms with Crippen LogP contribution in [-0.4, -0.2) is 23.5 Å². The molecule has 1 aromatic carbocycles. The van der Waals surface area contributed by atoms with Gasteiger partial charge in [-0.3, -0.25) is 14.9 Å². The van der Waals surface area contributed by atoms with Crippen LogP contribution >= 0.6 is 23.6 Å². The predicted molar refractivity (Wildman–Crippen MR) is 125 cm³/mol. The molecule has 0 fully saturated rings. The first kappa shape index (κ1) is 22.2. The number of hydrogen-bond acceptors (Lipinski definition) is 5. The van der Waals surface area contributed by atoms with Crippen LogP contribution in [0.4, 0.5) is 5.00 Å². The molecule has 1 aliphatic carbocycles. The maximum absolute atomic E-state index is 12.5. The molecule has 8 heteroatoms. The van der Waals surface area contributed by atoms with Crippen LogP contribution in [0.15, 0.2) is 24.3 Å². The fourth-order valence-corrected chi connectivity index (χ4v) is 5.00. The summed E-state index contributed by atoms with van der Waals surface area (Å²) in [5.41, 5.74) is 7.65. The van der Waals surface area contributed by atoms with Crippen molar-refractivity contribution in [1.29, 1.82) is 0 Å². The first-order chi connectivity index (χ1) is 14.5. The highest BCUT2D eigenvalue weighted by Crippen LogP contribution is 2.37. The number of benzene rings is 1. The molecular weight excluding hydrogens is 418 g/mol. The van der Waals surface area contributed by atoms with Gasteiger partial charge in [-0.05, 0) is 74.2 Å². The summed E-state index contributed by atoms with van der Waals surface area (Å²) in [6.07, 6.45) is 7.13. The van der Waals surface area contributed by atoms with Gasteiger partial charge in [0, 0.05) is 10.4 Å². The number of thiocarbonyl (C=S) groups is 1. The molecule has 0 saturated heterocycles. The molecule has 0 atom stereocenters. The molecule has 0 bridgehead atoms. The summed E-state index contributed by atoms with van der Waals surface area (Å²) in [4.78, 5) is 25.8. The molecular formula is C22H27N3O3S2. The number of nitrogens with one attached hydrogen (secondary N) is 2. The van der Waals surface area contributed by atoms with Gasteiger partial charge in [0.25, 0.3) is 11.8 Å². The molecule has 1 aromatic heterocycles. The fraction of sp³-hybridized carbons (Fsp3) is 0.409. The zero-order chi connectivity index (χ0) is 21.5. The standard InChI is InChI=1S/C22H27N3O3S2/c1-2-3-13-28-15-11-9-14(10-12-15)20(27)24-22(29)25-21-18(19(23)26)16-7-5-4-6-8-17(16)30-21/h9-12H,2-8,13H2,1H3,(H2,23,26)(H2,24,25,27,29). The van der Waals surface area contributed by atoms with Crippen molar-refractivity contribution >= 4 is 45.5 Å². The highest BCUT2D eigenvalue weighted by Gasteiger charge is 2.24. The van der Waals surface area contributed by atoms with E-state index in [1.807, 2.05) is 0 Å². The molecule has 0 saturated carbocycles. The average Bonchev–Trinajstić information content (AvgIpc) is 2.89. The number of aryl methyl sites for hydroxylation is 1. The lowest BCUT2D eigenvalue weighted by molar-refractivity contribution is 0.0975. The molecule has 1 aliphatic rings. The van der Waals surface area contributed by atoms with E-state index >= 15 is 0 Å². The van der Waals surface area contributed by atoms with Crippen molar-refractivity contribution in [3.8, 4) is 5.75 Å². The van der Waals surface area contributed by atoms with Crippen molar-refractivity contribution in [2.45, 2.75) is 51.9 Å². The Morgan fingerprint density at radius 1 is 1.17 bits per heavy atom. The normalized spacial score (nSPS) is 13.1. The number of primary amides is 1. The highest BCUT2D eigenvalue weighted by molar-refractivity contribution is 7.80. The summed E-state index contributed by atoms with van der Waals surface area (Å²) >= 11 is 6.81. The minimum atomic E-state index is -0.468. The Kier molecular flexibility index (Phi) is 7.81. The Bertz CT molecular complexity index is 922. The lowest BCUT2D eigenvalue weighted by Crippen LogP contribution is -2.34. The second-order valence-electron chi connectivity index (χ2n) is 7.27. The highest BCUT2D eigenvalue weighted by atomic mass is 32.1.